The van der Waals surface area contributed by atoms with Crippen molar-refractivity contribution in [3.8, 4) is 0 Å². The van der Waals surface area contributed by atoms with Crippen LogP contribution in [0.4, 0.5) is 0 Å². The number of carbonyl (C=O) groups is 1. The first kappa shape index (κ1) is 16.4. The van der Waals surface area contributed by atoms with Crippen LogP contribution in [-0.4, -0.2) is 39.8 Å². The molecule has 0 aromatic rings. The molecule has 0 radical (unpaired) electrons. The molecule has 0 aromatic carbocycles. The van der Waals surface area contributed by atoms with Gasteiger partial charge in [0.25, 0.3) is 0 Å². The zero-order valence-electron chi connectivity index (χ0n) is 12.4. The van der Waals surface area contributed by atoms with Crippen LogP contribution in [0.5, 0.6) is 0 Å². The summed E-state index contributed by atoms with van der Waals surface area (Å²) in [5.74, 6) is 1.82. The minimum Gasteiger partial charge on any atom is -0.497 e. The van der Waals surface area contributed by atoms with E-state index in [-0.39, 0.29) is 11.9 Å². The number of rotatable bonds is 8. The van der Waals surface area contributed by atoms with Crippen molar-refractivity contribution in [1.82, 2.24) is 5.32 Å². The average molecular weight is 284 g/mol. The van der Waals surface area contributed by atoms with Crippen LogP contribution in [0, 0.1) is 0 Å². The zero-order valence-corrected chi connectivity index (χ0v) is 12.4. The van der Waals surface area contributed by atoms with Gasteiger partial charge in [0.15, 0.2) is 11.5 Å². The summed E-state index contributed by atoms with van der Waals surface area (Å²) in [6, 6.07) is -0.149. The summed E-state index contributed by atoms with van der Waals surface area (Å²) >= 11 is 0. The number of hydrogen-bond acceptors (Lipinski definition) is 5. The number of hydrogen-bond donors (Lipinski definition) is 2. The molecule has 6 nitrogen and oxygen atoms in total. The molecular weight excluding hydrogens is 260 g/mol. The predicted molar refractivity (Wildman–Crippen MR) is 75.6 cm³/mol. The fraction of sp³-hybridized carbons (Fsp3) is 0.643. The van der Waals surface area contributed by atoms with Gasteiger partial charge in [-0.1, -0.05) is 0 Å². The third-order valence-corrected chi connectivity index (χ3v) is 3.11. The molecule has 114 valence electrons. The first-order valence-electron chi connectivity index (χ1n) is 6.73. The molecular formula is C14H24N2O4. The van der Waals surface area contributed by atoms with Gasteiger partial charge in [0.05, 0.1) is 27.4 Å². The molecule has 0 aromatic heterocycles. The maximum Gasteiger partial charge on any atom is 0.220 e. The Hall–Kier alpha value is -1.69. The molecule has 6 heteroatoms. The second-order valence-electron chi connectivity index (χ2n) is 4.52. The van der Waals surface area contributed by atoms with E-state index >= 15 is 0 Å². The molecule has 0 saturated heterocycles. The van der Waals surface area contributed by atoms with Crippen LogP contribution in [0.1, 0.15) is 25.7 Å². The van der Waals surface area contributed by atoms with Gasteiger partial charge in [0.1, 0.15) is 5.76 Å². The highest BCUT2D eigenvalue weighted by molar-refractivity contribution is 5.76. The standard InChI is InChI=1S/C14H24N2O4/c1-18-11-8-10(9-12(19-2)14(11)20-3)16-13(17)6-4-5-7-15/h8,10H,4-7,9,15H2,1-3H3,(H,16,17)/t10-/m0/s1. The van der Waals surface area contributed by atoms with Crippen LogP contribution in [0.2, 0.25) is 0 Å². The Kier molecular flexibility index (Phi) is 6.93. The van der Waals surface area contributed by atoms with Gasteiger partial charge < -0.3 is 25.3 Å². The lowest BCUT2D eigenvalue weighted by Gasteiger charge is -2.25. The van der Waals surface area contributed by atoms with Gasteiger partial charge in [-0.05, 0) is 25.5 Å². The van der Waals surface area contributed by atoms with Gasteiger partial charge in [-0.2, -0.15) is 0 Å². The molecule has 0 fully saturated rings. The third kappa shape index (κ3) is 4.45. The highest BCUT2D eigenvalue weighted by Gasteiger charge is 2.25. The Bertz CT molecular complexity index is 391. The van der Waals surface area contributed by atoms with Crippen LogP contribution in [0.3, 0.4) is 0 Å². The minimum absolute atomic E-state index is 0.00599. The Morgan fingerprint density at radius 3 is 2.60 bits per heavy atom. The highest BCUT2D eigenvalue weighted by Crippen LogP contribution is 2.26. The summed E-state index contributed by atoms with van der Waals surface area (Å²) in [7, 11) is 4.70. The normalized spacial score (nSPS) is 18.4. The van der Waals surface area contributed by atoms with Crippen LogP contribution >= 0.6 is 0 Å². The van der Waals surface area contributed by atoms with Crippen molar-refractivity contribution >= 4 is 5.91 Å². The molecule has 0 spiro atoms. The van der Waals surface area contributed by atoms with E-state index in [1.54, 1.807) is 21.3 Å². The fourth-order valence-corrected chi connectivity index (χ4v) is 2.10. The van der Waals surface area contributed by atoms with Gasteiger partial charge in [-0.25, -0.2) is 0 Å². The number of unbranched alkanes of at least 4 members (excludes halogenated alkanes) is 1. The monoisotopic (exact) mass is 284 g/mol. The molecule has 1 aliphatic rings. The molecule has 0 unspecified atom stereocenters. The number of carbonyl (C=O) groups excluding carboxylic acids is 1. The predicted octanol–water partition coefficient (Wildman–Crippen LogP) is 1.04. The molecule has 0 aliphatic heterocycles. The SMILES string of the molecule is COC1=C[C@H](NC(=O)CCCCN)CC(OC)=C1OC. The summed E-state index contributed by atoms with van der Waals surface area (Å²) in [6.45, 7) is 0.609. The summed E-state index contributed by atoms with van der Waals surface area (Å²) in [5, 5.41) is 2.95. The lowest BCUT2D eigenvalue weighted by Crippen LogP contribution is -2.36. The summed E-state index contributed by atoms with van der Waals surface area (Å²) < 4.78 is 15.8. The molecule has 0 heterocycles. The van der Waals surface area contributed by atoms with Gasteiger partial charge in [0.2, 0.25) is 5.91 Å². The Morgan fingerprint density at radius 1 is 1.30 bits per heavy atom. The molecule has 1 amide bonds. The Morgan fingerprint density at radius 2 is 2.05 bits per heavy atom. The summed E-state index contributed by atoms with van der Waals surface area (Å²) in [4.78, 5) is 11.8. The second kappa shape index (κ2) is 8.47. The van der Waals surface area contributed by atoms with Crippen molar-refractivity contribution in [3.05, 3.63) is 23.4 Å². The fourth-order valence-electron chi connectivity index (χ4n) is 2.10. The van der Waals surface area contributed by atoms with Crippen LogP contribution < -0.4 is 11.1 Å². The van der Waals surface area contributed by atoms with E-state index in [4.69, 9.17) is 19.9 Å². The topological polar surface area (TPSA) is 82.8 Å². The summed E-state index contributed by atoms with van der Waals surface area (Å²) in [6.07, 6.45) is 4.52. The van der Waals surface area contributed by atoms with Crippen molar-refractivity contribution in [1.29, 1.82) is 0 Å². The number of methoxy groups -OCH3 is 3. The van der Waals surface area contributed by atoms with Crippen LogP contribution in [0.15, 0.2) is 23.4 Å². The number of nitrogens with two attached hydrogens (primary N) is 1. The highest BCUT2D eigenvalue weighted by atomic mass is 16.5. The van der Waals surface area contributed by atoms with E-state index in [1.165, 1.54) is 0 Å². The lowest BCUT2D eigenvalue weighted by molar-refractivity contribution is -0.121. The number of nitrogens with one attached hydrogen (secondary N) is 1. The quantitative estimate of drug-likeness (QED) is 0.651. The number of amides is 1. The first-order chi connectivity index (χ1) is 9.65. The third-order valence-electron chi connectivity index (χ3n) is 3.11. The first-order valence-corrected chi connectivity index (χ1v) is 6.73. The smallest absolute Gasteiger partial charge is 0.220 e. The van der Waals surface area contributed by atoms with Gasteiger partial charge in [-0.15, -0.1) is 0 Å². The molecule has 3 N–H and O–H groups in total. The maximum atomic E-state index is 11.8. The van der Waals surface area contributed by atoms with Gasteiger partial charge in [-0.3, -0.25) is 4.79 Å². The maximum absolute atomic E-state index is 11.8. The van der Waals surface area contributed by atoms with Crippen LogP contribution in [0.25, 0.3) is 0 Å². The molecule has 1 rings (SSSR count). The van der Waals surface area contributed by atoms with Crippen molar-refractivity contribution in [2.45, 2.75) is 31.7 Å². The molecule has 1 aliphatic carbocycles. The van der Waals surface area contributed by atoms with Gasteiger partial charge in [0, 0.05) is 12.8 Å². The second-order valence-corrected chi connectivity index (χ2v) is 4.52. The van der Waals surface area contributed by atoms with Gasteiger partial charge >= 0.3 is 0 Å². The molecule has 0 saturated carbocycles. The largest absolute Gasteiger partial charge is 0.497 e. The molecule has 1 atom stereocenters. The van der Waals surface area contributed by atoms with Crippen molar-refractivity contribution < 1.29 is 19.0 Å². The Labute approximate surface area is 119 Å². The van der Waals surface area contributed by atoms with Crippen molar-refractivity contribution in [2.24, 2.45) is 5.73 Å². The Balaban J connectivity index is 2.63. The van der Waals surface area contributed by atoms with E-state index in [0.717, 1.165) is 12.8 Å². The van der Waals surface area contributed by atoms with E-state index < -0.39 is 0 Å². The van der Waals surface area contributed by atoms with Crippen molar-refractivity contribution in [2.75, 3.05) is 27.9 Å². The van der Waals surface area contributed by atoms with E-state index in [1.807, 2.05) is 6.08 Å². The number of ether oxygens (including phenoxy) is 3. The lowest BCUT2D eigenvalue weighted by atomic mass is 10.0. The van der Waals surface area contributed by atoms with E-state index in [0.29, 0.717) is 36.7 Å². The molecule has 0 bridgehead atoms. The molecule has 20 heavy (non-hydrogen) atoms. The van der Waals surface area contributed by atoms with Crippen LogP contribution in [-0.2, 0) is 19.0 Å². The van der Waals surface area contributed by atoms with E-state index in [9.17, 15) is 4.79 Å². The van der Waals surface area contributed by atoms with E-state index in [2.05, 4.69) is 5.32 Å². The zero-order chi connectivity index (χ0) is 15.0. The average Bonchev–Trinajstić information content (AvgIpc) is 2.46. The van der Waals surface area contributed by atoms with Crippen molar-refractivity contribution in [3.63, 3.8) is 0 Å². The minimum atomic E-state index is -0.149. The summed E-state index contributed by atoms with van der Waals surface area (Å²) in [5.41, 5.74) is 5.41.